The Bertz CT molecular complexity index is 1020. The molecule has 204 valence electrons. The minimum absolute atomic E-state index is 0.0254. The van der Waals surface area contributed by atoms with Crippen molar-refractivity contribution in [3.05, 3.63) is 53.4 Å². The highest BCUT2D eigenvalue weighted by Gasteiger charge is 2.23. The maximum Gasteiger partial charge on any atom is 0.169 e. The largest absolute Gasteiger partial charge is 0.550 e. The monoisotopic (exact) mass is 519 g/mol. The van der Waals surface area contributed by atoms with Crippen LogP contribution in [0.15, 0.2) is 36.4 Å². The van der Waals surface area contributed by atoms with Gasteiger partial charge in [-0.2, -0.15) is 0 Å². The fourth-order valence-electron chi connectivity index (χ4n) is 3.79. The predicted octanol–water partition coefficient (Wildman–Crippen LogP) is 2.93. The van der Waals surface area contributed by atoms with Gasteiger partial charge in [-0.25, -0.2) is 4.39 Å². The normalized spacial score (nSPS) is 13.2. The quantitative estimate of drug-likeness (QED) is 0.325. The molecule has 0 aliphatic heterocycles. The average molecular weight is 520 g/mol. The smallest absolute Gasteiger partial charge is 0.169 e. The van der Waals surface area contributed by atoms with E-state index in [1.165, 1.54) is 18.2 Å². The van der Waals surface area contributed by atoms with Crippen LogP contribution in [0, 0.1) is 5.82 Å². The third kappa shape index (κ3) is 9.44. The van der Waals surface area contributed by atoms with Gasteiger partial charge in [0.2, 0.25) is 0 Å². The van der Waals surface area contributed by atoms with E-state index >= 15 is 0 Å². The van der Waals surface area contributed by atoms with Gasteiger partial charge in [0.25, 0.3) is 0 Å². The number of aliphatic hydroxyl groups excluding tert-OH is 2. The van der Waals surface area contributed by atoms with Crippen LogP contribution in [-0.4, -0.2) is 69.0 Å². The van der Waals surface area contributed by atoms with Crippen LogP contribution >= 0.6 is 0 Å². The number of carbonyl (C=O) groups excluding carboxylic acids is 1. The van der Waals surface area contributed by atoms with Gasteiger partial charge in [-0.3, -0.25) is 0 Å². The fraction of sp³-hybridized carbons (Fsp3) is 0.464. The minimum Gasteiger partial charge on any atom is -0.550 e. The number of carboxylic acid groups (broad SMARTS) is 1. The molecule has 2 unspecified atom stereocenters. The first-order valence-corrected chi connectivity index (χ1v) is 12.1. The van der Waals surface area contributed by atoms with E-state index in [1.54, 1.807) is 32.4 Å². The SMILES string of the molecule is COCCOc1cc(C(C)C)c(/C=C/C(O)CC(O)CC(=O)[O-])c(-c2ccc(F)cc2)c1OCCOC. The Morgan fingerprint density at radius 2 is 1.65 bits per heavy atom. The van der Waals surface area contributed by atoms with E-state index in [2.05, 4.69) is 0 Å². The molecular formula is C28H36FO8-. The molecule has 0 bridgehead atoms. The van der Waals surface area contributed by atoms with Gasteiger partial charge in [-0.15, -0.1) is 0 Å². The van der Waals surface area contributed by atoms with E-state index in [-0.39, 0.29) is 25.6 Å². The number of benzene rings is 2. The molecule has 0 amide bonds. The van der Waals surface area contributed by atoms with Crippen LogP contribution in [0.5, 0.6) is 11.5 Å². The number of rotatable bonds is 16. The molecule has 2 aromatic carbocycles. The summed E-state index contributed by atoms with van der Waals surface area (Å²) in [6.45, 7) is 5.21. The summed E-state index contributed by atoms with van der Waals surface area (Å²) in [4.78, 5) is 10.7. The van der Waals surface area contributed by atoms with Crippen molar-refractivity contribution in [1.82, 2.24) is 0 Å². The third-order valence-electron chi connectivity index (χ3n) is 5.55. The Balaban J connectivity index is 2.68. The lowest BCUT2D eigenvalue weighted by molar-refractivity contribution is -0.307. The van der Waals surface area contributed by atoms with Gasteiger partial charge in [-0.1, -0.05) is 38.1 Å². The van der Waals surface area contributed by atoms with Crippen molar-refractivity contribution in [2.75, 3.05) is 40.6 Å². The Morgan fingerprint density at radius 1 is 1.03 bits per heavy atom. The van der Waals surface area contributed by atoms with Crippen molar-refractivity contribution in [1.29, 1.82) is 0 Å². The molecule has 2 N–H and O–H groups in total. The standard InChI is InChI=1S/C28H37FO8/c1-18(2)24-17-25(36-13-11-34-3)28(37-14-12-35-4)27(19-5-7-20(29)8-6-19)23(24)10-9-21(30)15-22(31)16-26(32)33/h5-10,17-18,21-22,30-31H,11-16H2,1-4H3,(H,32,33)/p-1/b10-9+. The van der Waals surface area contributed by atoms with E-state index in [0.717, 1.165) is 5.56 Å². The van der Waals surface area contributed by atoms with Crippen molar-refractivity contribution in [3.8, 4) is 22.6 Å². The summed E-state index contributed by atoms with van der Waals surface area (Å²) in [6.07, 6.45) is 0.0571. The van der Waals surface area contributed by atoms with E-state index in [1.807, 2.05) is 19.9 Å². The average Bonchev–Trinajstić information content (AvgIpc) is 2.83. The first kappa shape index (κ1) is 30.2. The van der Waals surface area contributed by atoms with Crippen LogP contribution in [-0.2, 0) is 14.3 Å². The maximum atomic E-state index is 13.8. The van der Waals surface area contributed by atoms with Gasteiger partial charge in [0, 0.05) is 38.6 Å². The summed E-state index contributed by atoms with van der Waals surface area (Å²) >= 11 is 0. The summed E-state index contributed by atoms with van der Waals surface area (Å²) in [7, 11) is 3.14. The fourth-order valence-corrected chi connectivity index (χ4v) is 3.79. The van der Waals surface area contributed by atoms with Gasteiger partial charge in [0.15, 0.2) is 11.5 Å². The summed E-state index contributed by atoms with van der Waals surface area (Å²) in [5.74, 6) is -0.853. The second-order valence-electron chi connectivity index (χ2n) is 8.82. The second-order valence-corrected chi connectivity index (χ2v) is 8.82. The molecule has 37 heavy (non-hydrogen) atoms. The van der Waals surface area contributed by atoms with Crippen molar-refractivity contribution in [3.63, 3.8) is 0 Å². The first-order valence-electron chi connectivity index (χ1n) is 12.1. The summed E-state index contributed by atoms with van der Waals surface area (Å²) in [6, 6.07) is 7.83. The van der Waals surface area contributed by atoms with Crippen molar-refractivity contribution in [2.24, 2.45) is 0 Å². The highest BCUT2D eigenvalue weighted by molar-refractivity contribution is 5.85. The van der Waals surface area contributed by atoms with Crippen LogP contribution in [0.3, 0.4) is 0 Å². The molecular weight excluding hydrogens is 483 g/mol. The second kappa shape index (κ2) is 15.3. The number of hydrogen-bond donors (Lipinski definition) is 2. The Morgan fingerprint density at radius 3 is 2.22 bits per heavy atom. The first-order chi connectivity index (χ1) is 17.7. The summed E-state index contributed by atoms with van der Waals surface area (Å²) in [5.41, 5.74) is 2.89. The summed E-state index contributed by atoms with van der Waals surface area (Å²) in [5, 5.41) is 31.1. The molecule has 0 aromatic heterocycles. The van der Waals surface area contributed by atoms with Gasteiger partial charge in [-0.05, 0) is 40.8 Å². The lowest BCUT2D eigenvalue weighted by atomic mass is 9.88. The van der Waals surface area contributed by atoms with Crippen LogP contribution in [0.2, 0.25) is 0 Å². The molecule has 0 saturated carbocycles. The van der Waals surface area contributed by atoms with Gasteiger partial charge in [0.05, 0.1) is 25.4 Å². The number of aliphatic hydroxyl groups is 2. The predicted molar refractivity (Wildman–Crippen MR) is 136 cm³/mol. The topological polar surface area (TPSA) is 118 Å². The minimum atomic E-state index is -1.40. The number of halogens is 1. The molecule has 0 fully saturated rings. The van der Waals surface area contributed by atoms with E-state index in [4.69, 9.17) is 18.9 Å². The molecule has 0 heterocycles. The lowest BCUT2D eigenvalue weighted by Crippen LogP contribution is -2.29. The highest BCUT2D eigenvalue weighted by atomic mass is 19.1. The third-order valence-corrected chi connectivity index (χ3v) is 5.55. The van der Waals surface area contributed by atoms with Crippen molar-refractivity contribution >= 4 is 12.0 Å². The zero-order chi connectivity index (χ0) is 27.4. The number of carboxylic acids is 1. The highest BCUT2D eigenvalue weighted by Crippen LogP contribution is 2.45. The zero-order valence-electron chi connectivity index (χ0n) is 21.7. The van der Waals surface area contributed by atoms with E-state index < -0.39 is 30.4 Å². The van der Waals surface area contributed by atoms with Gasteiger partial charge < -0.3 is 39.1 Å². The molecule has 0 radical (unpaired) electrons. The Hall–Kier alpha value is -2.98. The number of ether oxygens (including phenoxy) is 4. The molecule has 2 rings (SSSR count). The number of carbonyl (C=O) groups is 1. The zero-order valence-corrected chi connectivity index (χ0v) is 21.7. The Labute approximate surface area is 217 Å². The summed E-state index contributed by atoms with van der Waals surface area (Å²) < 4.78 is 36.2. The van der Waals surface area contributed by atoms with Crippen LogP contribution in [0.25, 0.3) is 17.2 Å². The number of hydrogen-bond acceptors (Lipinski definition) is 8. The molecule has 0 saturated heterocycles. The molecule has 0 aliphatic carbocycles. The van der Waals surface area contributed by atoms with Crippen LogP contribution in [0.4, 0.5) is 4.39 Å². The van der Waals surface area contributed by atoms with Crippen molar-refractivity contribution < 1.29 is 43.5 Å². The van der Waals surface area contributed by atoms with Crippen LogP contribution in [0.1, 0.15) is 43.7 Å². The van der Waals surface area contributed by atoms with Gasteiger partial charge >= 0.3 is 0 Å². The van der Waals surface area contributed by atoms with Gasteiger partial charge in [0.1, 0.15) is 19.0 Å². The maximum absolute atomic E-state index is 13.8. The van der Waals surface area contributed by atoms with E-state index in [9.17, 15) is 24.5 Å². The van der Waals surface area contributed by atoms with Crippen LogP contribution < -0.4 is 14.6 Å². The molecule has 2 aromatic rings. The number of aliphatic carboxylic acids is 1. The molecule has 8 nitrogen and oxygen atoms in total. The number of methoxy groups -OCH3 is 2. The molecule has 0 aliphatic rings. The molecule has 2 atom stereocenters. The molecule has 9 heteroatoms. The van der Waals surface area contributed by atoms with E-state index in [0.29, 0.717) is 41.4 Å². The lowest BCUT2D eigenvalue weighted by Gasteiger charge is -2.23. The molecule has 0 spiro atoms. The van der Waals surface area contributed by atoms with Crippen molar-refractivity contribution in [2.45, 2.75) is 44.8 Å². The Kier molecular flexibility index (Phi) is 12.5.